The molecular weight excluding hydrogens is 357 g/mol. The van der Waals surface area contributed by atoms with E-state index in [0.717, 1.165) is 18.8 Å². The second kappa shape index (κ2) is 7.31. The van der Waals surface area contributed by atoms with Crippen LogP contribution in [0.15, 0.2) is 30.6 Å². The van der Waals surface area contributed by atoms with Crippen LogP contribution in [-0.4, -0.2) is 4.57 Å². The molecule has 0 fully saturated rings. The van der Waals surface area contributed by atoms with Crippen LogP contribution in [0.2, 0.25) is 0 Å². The topological polar surface area (TPSA) is 8.81 Å². The number of aromatic nitrogens is 2. The lowest BCUT2D eigenvalue weighted by atomic mass is 10.1. The number of halogens is 4. The molecule has 2 rings (SSSR count). The van der Waals surface area contributed by atoms with Gasteiger partial charge in [-0.25, -0.2) is 9.13 Å². The largest absolute Gasteiger partial charge is 0.416 e. The molecule has 0 aliphatic heterocycles. The molecule has 2 nitrogen and oxygen atoms in total. The number of nitrogens with zero attached hydrogens (tertiary/aromatic N) is 2. The standard InChI is InChI=1S/C16H20F3N2.BrH/c1-4-5-20-6-7-21(13(20)3)11-14-8-12(2)9-15(10-14)16(17,18)19;/h6-10H,4-5,11H2,1-3H3;1H/q+1;. The van der Waals surface area contributed by atoms with Gasteiger partial charge in [-0.15, -0.1) is 17.0 Å². The minimum absolute atomic E-state index is 0. The molecule has 0 unspecified atom stereocenters. The van der Waals surface area contributed by atoms with Crippen LogP contribution >= 0.6 is 17.0 Å². The van der Waals surface area contributed by atoms with Crippen molar-refractivity contribution in [2.45, 2.75) is 46.5 Å². The first-order valence-electron chi connectivity index (χ1n) is 7.04. The molecule has 0 amide bonds. The third-order valence-corrected chi connectivity index (χ3v) is 3.54. The minimum Gasteiger partial charge on any atom is -0.234 e. The van der Waals surface area contributed by atoms with Gasteiger partial charge in [0, 0.05) is 6.92 Å². The summed E-state index contributed by atoms with van der Waals surface area (Å²) in [4.78, 5) is 0. The zero-order valence-corrected chi connectivity index (χ0v) is 14.7. The van der Waals surface area contributed by atoms with E-state index in [1.807, 2.05) is 23.9 Å². The molecular formula is C16H21BrF3N2+. The Hall–Kier alpha value is -1.30. The number of alkyl halides is 3. The second-order valence-corrected chi connectivity index (χ2v) is 5.37. The predicted molar refractivity (Wildman–Crippen MR) is 85.3 cm³/mol. The Bertz CT molecular complexity index is 633. The van der Waals surface area contributed by atoms with Crippen molar-refractivity contribution in [3.05, 3.63) is 53.1 Å². The van der Waals surface area contributed by atoms with Crippen LogP contribution in [0, 0.1) is 13.8 Å². The van der Waals surface area contributed by atoms with Crippen molar-refractivity contribution < 1.29 is 17.7 Å². The van der Waals surface area contributed by atoms with Gasteiger partial charge in [0.15, 0.2) is 0 Å². The van der Waals surface area contributed by atoms with Crippen molar-refractivity contribution in [2.75, 3.05) is 0 Å². The second-order valence-electron chi connectivity index (χ2n) is 5.37. The number of rotatable bonds is 4. The van der Waals surface area contributed by atoms with E-state index < -0.39 is 11.7 Å². The highest BCUT2D eigenvalue weighted by Crippen LogP contribution is 2.30. The van der Waals surface area contributed by atoms with Gasteiger partial charge in [0.1, 0.15) is 18.9 Å². The summed E-state index contributed by atoms with van der Waals surface area (Å²) < 4.78 is 42.7. The van der Waals surface area contributed by atoms with E-state index in [2.05, 4.69) is 11.5 Å². The Morgan fingerprint density at radius 1 is 1.14 bits per heavy atom. The molecule has 0 saturated carbocycles. The number of benzene rings is 1. The summed E-state index contributed by atoms with van der Waals surface area (Å²) in [7, 11) is 0. The third-order valence-electron chi connectivity index (χ3n) is 3.54. The average molecular weight is 378 g/mol. The molecule has 1 aromatic heterocycles. The zero-order valence-electron chi connectivity index (χ0n) is 12.9. The van der Waals surface area contributed by atoms with Crippen LogP contribution in [0.5, 0.6) is 0 Å². The molecule has 0 radical (unpaired) electrons. The Labute approximate surface area is 139 Å². The van der Waals surface area contributed by atoms with E-state index in [4.69, 9.17) is 0 Å². The lowest BCUT2D eigenvalue weighted by Crippen LogP contribution is -2.36. The van der Waals surface area contributed by atoms with E-state index in [9.17, 15) is 13.2 Å². The number of aryl methyl sites for hydroxylation is 2. The summed E-state index contributed by atoms with van der Waals surface area (Å²) in [5, 5.41) is 0. The van der Waals surface area contributed by atoms with Crippen LogP contribution in [-0.2, 0) is 19.3 Å². The highest BCUT2D eigenvalue weighted by Gasteiger charge is 2.31. The van der Waals surface area contributed by atoms with Gasteiger partial charge in [-0.2, -0.15) is 13.2 Å². The first kappa shape index (κ1) is 18.7. The number of imidazole rings is 1. The summed E-state index contributed by atoms with van der Waals surface area (Å²) >= 11 is 0. The third kappa shape index (κ3) is 4.35. The van der Waals surface area contributed by atoms with Gasteiger partial charge >= 0.3 is 6.18 Å². The summed E-state index contributed by atoms with van der Waals surface area (Å²) in [5.74, 6) is 1.05. The van der Waals surface area contributed by atoms with Crippen LogP contribution in [0.25, 0.3) is 0 Å². The van der Waals surface area contributed by atoms with Crippen LogP contribution < -0.4 is 4.57 Å². The Morgan fingerprint density at radius 3 is 2.41 bits per heavy atom. The molecule has 0 bridgehead atoms. The zero-order chi connectivity index (χ0) is 15.6. The molecule has 6 heteroatoms. The van der Waals surface area contributed by atoms with Gasteiger partial charge < -0.3 is 0 Å². The van der Waals surface area contributed by atoms with Gasteiger partial charge in [0.05, 0.1) is 12.1 Å². The molecule has 22 heavy (non-hydrogen) atoms. The lowest BCUT2D eigenvalue weighted by molar-refractivity contribution is -0.694. The average Bonchev–Trinajstić information content (AvgIpc) is 2.70. The van der Waals surface area contributed by atoms with Crippen molar-refractivity contribution in [2.24, 2.45) is 0 Å². The summed E-state index contributed by atoms with van der Waals surface area (Å²) in [6.07, 6.45) is 0.618. The quantitative estimate of drug-likeness (QED) is 0.696. The number of hydrogen-bond acceptors (Lipinski definition) is 0. The van der Waals surface area contributed by atoms with Gasteiger partial charge in [-0.05, 0) is 31.0 Å². The van der Waals surface area contributed by atoms with Crippen molar-refractivity contribution in [1.82, 2.24) is 4.57 Å². The smallest absolute Gasteiger partial charge is 0.234 e. The molecule has 0 saturated heterocycles. The van der Waals surface area contributed by atoms with Gasteiger partial charge in [0.25, 0.3) is 5.82 Å². The van der Waals surface area contributed by atoms with Crippen molar-refractivity contribution in [3.8, 4) is 0 Å². The predicted octanol–water partition coefficient (Wildman–Crippen LogP) is 4.45. The summed E-state index contributed by atoms with van der Waals surface area (Å²) in [6.45, 7) is 7.14. The molecule has 2 aromatic rings. The van der Waals surface area contributed by atoms with Crippen molar-refractivity contribution in [3.63, 3.8) is 0 Å². The van der Waals surface area contributed by atoms with Crippen LogP contribution in [0.3, 0.4) is 0 Å². The van der Waals surface area contributed by atoms with Crippen LogP contribution in [0.4, 0.5) is 13.2 Å². The van der Waals surface area contributed by atoms with E-state index in [1.54, 1.807) is 13.0 Å². The SMILES string of the molecule is Br.CCCn1cc[n+](Cc2cc(C)cc(C(F)(F)F)c2)c1C. The first-order chi connectivity index (χ1) is 9.81. The maximum Gasteiger partial charge on any atom is 0.416 e. The van der Waals surface area contributed by atoms with Crippen LogP contribution in [0.1, 0.15) is 35.9 Å². The Morgan fingerprint density at radius 2 is 1.82 bits per heavy atom. The highest BCUT2D eigenvalue weighted by atomic mass is 79.9. The monoisotopic (exact) mass is 377 g/mol. The molecule has 0 aliphatic rings. The summed E-state index contributed by atoms with van der Waals surface area (Å²) in [5.41, 5.74) is 0.722. The van der Waals surface area contributed by atoms with E-state index in [-0.39, 0.29) is 17.0 Å². The molecule has 0 spiro atoms. The first-order valence-corrected chi connectivity index (χ1v) is 7.04. The van der Waals surface area contributed by atoms with Gasteiger partial charge in [-0.1, -0.05) is 18.6 Å². The molecule has 0 N–H and O–H groups in total. The molecule has 0 aliphatic carbocycles. The maximum atomic E-state index is 12.9. The van der Waals surface area contributed by atoms with E-state index in [0.29, 0.717) is 17.7 Å². The normalized spacial score (nSPS) is 11.4. The van der Waals surface area contributed by atoms with Gasteiger partial charge in [-0.3, -0.25) is 0 Å². The van der Waals surface area contributed by atoms with Gasteiger partial charge in [0.2, 0.25) is 0 Å². The molecule has 1 heterocycles. The van der Waals surface area contributed by atoms with Crippen molar-refractivity contribution in [1.29, 1.82) is 0 Å². The fraction of sp³-hybridized carbons (Fsp3) is 0.438. The maximum absolute atomic E-state index is 12.9. The molecule has 0 atom stereocenters. The Kier molecular flexibility index (Phi) is 6.23. The van der Waals surface area contributed by atoms with E-state index in [1.165, 1.54) is 12.1 Å². The fourth-order valence-electron chi connectivity index (χ4n) is 2.50. The fourth-order valence-corrected chi connectivity index (χ4v) is 2.50. The number of hydrogen-bond donors (Lipinski definition) is 0. The van der Waals surface area contributed by atoms with E-state index >= 15 is 0 Å². The molecule has 122 valence electrons. The van der Waals surface area contributed by atoms with Crippen molar-refractivity contribution >= 4 is 17.0 Å². The minimum atomic E-state index is -4.30. The lowest BCUT2D eigenvalue weighted by Gasteiger charge is -2.10. The molecule has 1 aromatic carbocycles. The summed E-state index contributed by atoms with van der Waals surface area (Å²) in [6, 6.07) is 4.22. The Balaban J connectivity index is 0.00000242. The highest BCUT2D eigenvalue weighted by molar-refractivity contribution is 8.93.